The molecule has 5 rings (SSSR count). The van der Waals surface area contributed by atoms with E-state index in [1.165, 1.54) is 35.6 Å². The Labute approximate surface area is 214 Å². The van der Waals surface area contributed by atoms with Crippen LogP contribution in [0.25, 0.3) is 22.4 Å². The number of fused-ring (bicyclic) bond motifs is 1. The first kappa shape index (κ1) is 24.5. The number of anilines is 1. The number of nitrogens with one attached hydrogen (secondary N) is 1. The van der Waals surface area contributed by atoms with E-state index in [0.29, 0.717) is 40.0 Å². The van der Waals surface area contributed by atoms with E-state index in [1.54, 1.807) is 16.8 Å². The smallest absolute Gasteiger partial charge is 0.257 e. The number of rotatable bonds is 7. The Hall–Kier alpha value is -3.21. The van der Waals surface area contributed by atoms with Gasteiger partial charge in [0.1, 0.15) is 5.69 Å². The summed E-state index contributed by atoms with van der Waals surface area (Å²) in [5.74, 6) is 0.845. The van der Waals surface area contributed by atoms with Gasteiger partial charge in [0.25, 0.3) is 5.91 Å². The van der Waals surface area contributed by atoms with Crippen LogP contribution in [0.3, 0.4) is 0 Å². The molecule has 0 radical (unpaired) electrons. The van der Waals surface area contributed by atoms with Gasteiger partial charge < -0.3 is 9.15 Å². The Bertz CT molecular complexity index is 1490. The van der Waals surface area contributed by atoms with Gasteiger partial charge in [-0.05, 0) is 55.7 Å². The van der Waals surface area contributed by atoms with Crippen molar-refractivity contribution in [2.75, 3.05) is 19.0 Å². The van der Waals surface area contributed by atoms with Crippen molar-refractivity contribution in [3.05, 3.63) is 59.5 Å². The zero-order valence-electron chi connectivity index (χ0n) is 20.1. The molecule has 1 aliphatic rings. The van der Waals surface area contributed by atoms with E-state index < -0.39 is 10.0 Å². The first-order chi connectivity index (χ1) is 17.4. The number of carbonyl (C=O) groups is 1. The first-order valence-corrected chi connectivity index (χ1v) is 14.2. The molecule has 0 saturated carbocycles. The molecule has 1 fully saturated rings. The second-order valence-electron chi connectivity index (χ2n) is 8.68. The van der Waals surface area contributed by atoms with Gasteiger partial charge in [0, 0.05) is 28.9 Å². The lowest BCUT2D eigenvalue weighted by Crippen LogP contribution is -2.43. The number of thiazole rings is 1. The predicted molar refractivity (Wildman–Crippen MR) is 140 cm³/mol. The molecular formula is C26H27N3O5S2. The zero-order valence-corrected chi connectivity index (χ0v) is 21.7. The molecule has 1 N–H and O–H groups in total. The summed E-state index contributed by atoms with van der Waals surface area (Å²) < 4.78 is 39.2. The molecule has 188 valence electrons. The molecular weight excluding hydrogens is 498 g/mol. The Morgan fingerprint density at radius 3 is 2.78 bits per heavy atom. The van der Waals surface area contributed by atoms with Crippen molar-refractivity contribution in [1.29, 1.82) is 0 Å². The summed E-state index contributed by atoms with van der Waals surface area (Å²) in [6.07, 6.45) is 3.59. The third kappa shape index (κ3) is 4.63. The lowest BCUT2D eigenvalue weighted by Gasteiger charge is -2.34. The van der Waals surface area contributed by atoms with Crippen LogP contribution in [0.15, 0.2) is 63.2 Å². The third-order valence-corrected chi connectivity index (χ3v) is 9.20. The monoisotopic (exact) mass is 525 g/mol. The van der Waals surface area contributed by atoms with E-state index in [-0.39, 0.29) is 16.8 Å². The maximum absolute atomic E-state index is 13.2. The molecule has 0 spiro atoms. The minimum atomic E-state index is -3.60. The van der Waals surface area contributed by atoms with E-state index >= 15 is 0 Å². The minimum absolute atomic E-state index is 0.0265. The molecule has 8 nitrogen and oxygen atoms in total. The summed E-state index contributed by atoms with van der Waals surface area (Å²) in [6.45, 7) is 2.55. The second kappa shape index (κ2) is 10.0. The molecule has 0 aliphatic carbocycles. The Morgan fingerprint density at radius 2 is 2.03 bits per heavy atom. The van der Waals surface area contributed by atoms with Gasteiger partial charge in [-0.2, -0.15) is 4.31 Å². The summed E-state index contributed by atoms with van der Waals surface area (Å²) in [4.78, 5) is 17.5. The summed E-state index contributed by atoms with van der Waals surface area (Å²) in [5.41, 5.74) is 1.59. The zero-order chi connectivity index (χ0) is 25.3. The van der Waals surface area contributed by atoms with Crippen LogP contribution in [0.1, 0.15) is 43.0 Å². The molecule has 1 aliphatic heterocycles. The highest BCUT2D eigenvalue weighted by Gasteiger charge is 2.32. The fourth-order valence-electron chi connectivity index (χ4n) is 4.55. The van der Waals surface area contributed by atoms with Crippen LogP contribution in [0.2, 0.25) is 0 Å². The SMILES string of the molecule is CC[C@@H]1CCCCN1S(=O)(=O)c1ccc(C(=O)Nc2nc(-c3cc4cccc(OC)c4o3)cs2)cc1. The molecule has 10 heteroatoms. The van der Waals surface area contributed by atoms with Crippen molar-refractivity contribution >= 4 is 43.4 Å². The molecule has 0 bridgehead atoms. The Kier molecular flexibility index (Phi) is 6.83. The fourth-order valence-corrected chi connectivity index (χ4v) is 7.01. The van der Waals surface area contributed by atoms with E-state index in [4.69, 9.17) is 9.15 Å². The van der Waals surface area contributed by atoms with Gasteiger partial charge >= 0.3 is 0 Å². The van der Waals surface area contributed by atoms with Crippen molar-refractivity contribution < 1.29 is 22.4 Å². The van der Waals surface area contributed by atoms with Crippen LogP contribution >= 0.6 is 11.3 Å². The van der Waals surface area contributed by atoms with Crippen LogP contribution < -0.4 is 10.1 Å². The molecule has 2 aromatic heterocycles. The number of benzene rings is 2. The van der Waals surface area contributed by atoms with Gasteiger partial charge in [-0.15, -0.1) is 11.3 Å². The standard InChI is InChI=1S/C26H27N3O5S2/c1-3-19-8-4-5-14-29(19)36(31,32)20-12-10-17(11-13-20)25(30)28-26-27-21(16-35-26)23-15-18-7-6-9-22(33-2)24(18)34-23/h6-7,9-13,15-16,19H,3-5,8,14H2,1-2H3,(H,27,28,30)/t19-/m1/s1. The van der Waals surface area contributed by atoms with E-state index in [0.717, 1.165) is 31.1 Å². The predicted octanol–water partition coefficient (Wildman–Crippen LogP) is 5.77. The lowest BCUT2D eigenvalue weighted by molar-refractivity contribution is 0.102. The van der Waals surface area contributed by atoms with Gasteiger partial charge in [0.15, 0.2) is 22.2 Å². The summed E-state index contributed by atoms with van der Waals surface area (Å²) in [6, 6.07) is 13.6. The summed E-state index contributed by atoms with van der Waals surface area (Å²) in [5, 5.41) is 5.90. The number of carbonyl (C=O) groups excluding carboxylic acids is 1. The van der Waals surface area contributed by atoms with Crippen molar-refractivity contribution in [2.45, 2.75) is 43.5 Å². The number of nitrogens with zero attached hydrogens (tertiary/aromatic N) is 2. The largest absolute Gasteiger partial charge is 0.493 e. The van der Waals surface area contributed by atoms with Gasteiger partial charge in [-0.25, -0.2) is 13.4 Å². The van der Waals surface area contributed by atoms with Crippen LogP contribution in [-0.4, -0.2) is 43.3 Å². The van der Waals surface area contributed by atoms with Crippen LogP contribution in [-0.2, 0) is 10.0 Å². The highest BCUT2D eigenvalue weighted by atomic mass is 32.2. The molecule has 2 aromatic carbocycles. The fraction of sp³-hybridized carbons (Fsp3) is 0.308. The van der Waals surface area contributed by atoms with Crippen LogP contribution in [0.4, 0.5) is 5.13 Å². The number of para-hydroxylation sites is 1. The van der Waals surface area contributed by atoms with Crippen LogP contribution in [0.5, 0.6) is 5.75 Å². The number of ether oxygens (including phenoxy) is 1. The van der Waals surface area contributed by atoms with Gasteiger partial charge in [0.2, 0.25) is 10.0 Å². The molecule has 0 unspecified atom stereocenters. The number of hydrogen-bond acceptors (Lipinski definition) is 7. The topological polar surface area (TPSA) is 102 Å². The second-order valence-corrected chi connectivity index (χ2v) is 11.4. The normalized spacial score (nSPS) is 16.8. The van der Waals surface area contributed by atoms with Gasteiger partial charge in [-0.1, -0.05) is 25.5 Å². The average molecular weight is 526 g/mol. The van der Waals surface area contributed by atoms with Crippen LogP contribution in [0, 0.1) is 0 Å². The number of hydrogen-bond donors (Lipinski definition) is 1. The molecule has 4 aromatic rings. The molecule has 1 atom stereocenters. The molecule has 3 heterocycles. The van der Waals surface area contributed by atoms with Crippen molar-refractivity contribution in [2.24, 2.45) is 0 Å². The van der Waals surface area contributed by atoms with Crippen molar-refractivity contribution in [3.8, 4) is 17.2 Å². The Morgan fingerprint density at radius 1 is 1.22 bits per heavy atom. The first-order valence-electron chi connectivity index (χ1n) is 11.9. The number of methoxy groups -OCH3 is 1. The van der Waals surface area contributed by atoms with E-state index in [1.807, 2.05) is 31.2 Å². The van der Waals surface area contributed by atoms with E-state index in [2.05, 4.69) is 10.3 Å². The number of aromatic nitrogens is 1. The lowest BCUT2D eigenvalue weighted by atomic mass is 10.0. The van der Waals surface area contributed by atoms with Crippen molar-refractivity contribution in [3.63, 3.8) is 0 Å². The van der Waals surface area contributed by atoms with Gasteiger partial charge in [0.05, 0.1) is 12.0 Å². The number of piperidine rings is 1. The number of furan rings is 1. The summed E-state index contributed by atoms with van der Waals surface area (Å²) in [7, 11) is -2.01. The average Bonchev–Trinajstić information content (AvgIpc) is 3.55. The minimum Gasteiger partial charge on any atom is -0.493 e. The third-order valence-electron chi connectivity index (χ3n) is 6.47. The summed E-state index contributed by atoms with van der Waals surface area (Å²) >= 11 is 1.28. The number of sulfonamides is 1. The van der Waals surface area contributed by atoms with Crippen molar-refractivity contribution in [1.82, 2.24) is 9.29 Å². The number of amides is 1. The van der Waals surface area contributed by atoms with Gasteiger partial charge in [-0.3, -0.25) is 10.1 Å². The molecule has 1 saturated heterocycles. The maximum atomic E-state index is 13.2. The quantitative estimate of drug-likeness (QED) is 0.329. The Balaban J connectivity index is 1.30. The highest BCUT2D eigenvalue weighted by Crippen LogP contribution is 2.34. The van der Waals surface area contributed by atoms with E-state index in [9.17, 15) is 13.2 Å². The maximum Gasteiger partial charge on any atom is 0.257 e. The molecule has 1 amide bonds. The highest BCUT2D eigenvalue weighted by molar-refractivity contribution is 7.89. The molecule has 36 heavy (non-hydrogen) atoms.